The highest BCUT2D eigenvalue weighted by molar-refractivity contribution is 6.31. The lowest BCUT2D eigenvalue weighted by Gasteiger charge is -2.20. The fourth-order valence-corrected chi connectivity index (χ4v) is 2.72. The maximum atomic E-state index is 14.3. The van der Waals surface area contributed by atoms with Gasteiger partial charge in [0.25, 0.3) is 0 Å². The van der Waals surface area contributed by atoms with Gasteiger partial charge in [0.1, 0.15) is 0 Å². The van der Waals surface area contributed by atoms with Gasteiger partial charge >= 0.3 is 5.97 Å². The largest absolute Gasteiger partial charge is 0.478 e. The van der Waals surface area contributed by atoms with Crippen molar-refractivity contribution in [3.63, 3.8) is 0 Å². The Morgan fingerprint density at radius 2 is 1.88 bits per heavy atom. The number of hydrogen-bond donors (Lipinski definition) is 1. The highest BCUT2D eigenvalue weighted by atomic mass is 35.5. The van der Waals surface area contributed by atoms with Crippen LogP contribution in [0.15, 0.2) is 60.8 Å². The fourth-order valence-electron chi connectivity index (χ4n) is 2.37. The summed E-state index contributed by atoms with van der Waals surface area (Å²) in [5.74, 6) is -2.13. The molecule has 0 spiro atoms. The first-order valence-electron chi connectivity index (χ1n) is 7.51. The molecule has 4 nitrogen and oxygen atoms in total. The monoisotopic (exact) mass is 391 g/mol. The Bertz CT molecular complexity index is 948. The van der Waals surface area contributed by atoms with E-state index < -0.39 is 17.9 Å². The number of hydrogen-bond acceptors (Lipinski definition) is 3. The molecule has 3 rings (SSSR count). The standard InChI is InChI=1S/C19H12Cl2FNO3/c20-12-6-7-16(23-10-12)18(13-3-1-2-4-14(13)21)26-17-8-5-11(19(24)25)9-15(17)22/h1-10,18H,(H,24,25). The van der Waals surface area contributed by atoms with Crippen molar-refractivity contribution in [2.45, 2.75) is 6.10 Å². The molecular weight excluding hydrogens is 380 g/mol. The van der Waals surface area contributed by atoms with Gasteiger partial charge in [-0.15, -0.1) is 0 Å². The Hall–Kier alpha value is -2.63. The molecule has 26 heavy (non-hydrogen) atoms. The van der Waals surface area contributed by atoms with Crippen LogP contribution in [-0.2, 0) is 0 Å². The number of ether oxygens (including phenoxy) is 1. The van der Waals surface area contributed by atoms with Crippen LogP contribution in [-0.4, -0.2) is 16.1 Å². The van der Waals surface area contributed by atoms with E-state index in [-0.39, 0.29) is 11.3 Å². The summed E-state index contributed by atoms with van der Waals surface area (Å²) in [7, 11) is 0. The molecule has 1 unspecified atom stereocenters. The SMILES string of the molecule is O=C(O)c1ccc(OC(c2ccc(Cl)cn2)c2ccccc2Cl)c(F)c1. The van der Waals surface area contributed by atoms with E-state index in [1.807, 2.05) is 0 Å². The van der Waals surface area contributed by atoms with E-state index in [2.05, 4.69) is 4.98 Å². The van der Waals surface area contributed by atoms with Gasteiger partial charge in [-0.25, -0.2) is 9.18 Å². The average Bonchev–Trinajstić information content (AvgIpc) is 2.62. The third kappa shape index (κ3) is 3.95. The summed E-state index contributed by atoms with van der Waals surface area (Å²) in [5, 5.41) is 9.83. The lowest BCUT2D eigenvalue weighted by molar-refractivity contribution is 0.0696. The number of benzene rings is 2. The molecule has 2 aromatic carbocycles. The van der Waals surface area contributed by atoms with Crippen molar-refractivity contribution < 1.29 is 19.0 Å². The van der Waals surface area contributed by atoms with Crippen molar-refractivity contribution in [3.8, 4) is 5.75 Å². The van der Waals surface area contributed by atoms with Crippen LogP contribution in [0.1, 0.15) is 27.7 Å². The zero-order chi connectivity index (χ0) is 18.7. The molecule has 0 bridgehead atoms. The van der Waals surface area contributed by atoms with Crippen molar-refractivity contribution >= 4 is 29.2 Å². The number of aromatic carboxylic acids is 1. The predicted molar refractivity (Wildman–Crippen MR) is 96.5 cm³/mol. The molecule has 1 atom stereocenters. The molecule has 1 heterocycles. The number of carboxylic acids is 1. The van der Waals surface area contributed by atoms with E-state index >= 15 is 0 Å². The van der Waals surface area contributed by atoms with Gasteiger partial charge in [0.05, 0.1) is 16.3 Å². The quantitative estimate of drug-likeness (QED) is 0.632. The number of rotatable bonds is 5. The van der Waals surface area contributed by atoms with Crippen molar-refractivity contribution in [1.82, 2.24) is 4.98 Å². The number of pyridine rings is 1. The third-order valence-electron chi connectivity index (χ3n) is 3.63. The van der Waals surface area contributed by atoms with Gasteiger partial charge in [-0.3, -0.25) is 4.98 Å². The third-order valence-corrected chi connectivity index (χ3v) is 4.20. The molecule has 1 aromatic heterocycles. The van der Waals surface area contributed by atoms with E-state index in [0.29, 0.717) is 21.3 Å². The number of carbonyl (C=O) groups is 1. The van der Waals surface area contributed by atoms with E-state index in [1.54, 1.807) is 36.4 Å². The van der Waals surface area contributed by atoms with Crippen LogP contribution in [0.3, 0.4) is 0 Å². The predicted octanol–water partition coefficient (Wildman–Crippen LogP) is 5.39. The Kier molecular flexibility index (Phi) is 5.40. The summed E-state index contributed by atoms with van der Waals surface area (Å²) in [4.78, 5) is 15.2. The summed E-state index contributed by atoms with van der Waals surface area (Å²) < 4.78 is 20.1. The van der Waals surface area contributed by atoms with E-state index in [0.717, 1.165) is 6.07 Å². The van der Waals surface area contributed by atoms with Crippen LogP contribution in [0.5, 0.6) is 5.75 Å². The Labute approximate surface area is 158 Å². The molecule has 1 N–H and O–H groups in total. The minimum absolute atomic E-state index is 0.114. The number of halogens is 3. The Morgan fingerprint density at radius 3 is 2.50 bits per heavy atom. The Balaban J connectivity index is 2.03. The summed E-state index contributed by atoms with van der Waals surface area (Å²) in [6.45, 7) is 0. The van der Waals surface area contributed by atoms with E-state index in [9.17, 15) is 9.18 Å². The molecule has 3 aromatic rings. The first-order chi connectivity index (χ1) is 12.5. The van der Waals surface area contributed by atoms with Gasteiger partial charge < -0.3 is 9.84 Å². The van der Waals surface area contributed by atoms with Crippen molar-refractivity contribution in [2.75, 3.05) is 0 Å². The van der Waals surface area contributed by atoms with Crippen LogP contribution in [0.25, 0.3) is 0 Å². The molecule has 0 aliphatic heterocycles. The lowest BCUT2D eigenvalue weighted by atomic mass is 10.1. The molecule has 0 aliphatic rings. The van der Waals surface area contributed by atoms with Gasteiger partial charge in [0.15, 0.2) is 17.7 Å². The Morgan fingerprint density at radius 1 is 1.12 bits per heavy atom. The maximum absolute atomic E-state index is 14.3. The lowest BCUT2D eigenvalue weighted by Crippen LogP contribution is -2.13. The molecule has 7 heteroatoms. The van der Waals surface area contributed by atoms with Crippen LogP contribution in [0.4, 0.5) is 4.39 Å². The second-order valence-corrected chi connectivity index (χ2v) is 6.21. The number of nitrogens with zero attached hydrogens (tertiary/aromatic N) is 1. The molecule has 0 saturated heterocycles. The van der Waals surface area contributed by atoms with E-state index in [4.69, 9.17) is 33.0 Å². The van der Waals surface area contributed by atoms with Gasteiger partial charge in [-0.05, 0) is 36.4 Å². The molecule has 0 amide bonds. The van der Waals surface area contributed by atoms with Gasteiger partial charge in [0, 0.05) is 16.8 Å². The first-order valence-corrected chi connectivity index (χ1v) is 8.26. The summed E-state index contributed by atoms with van der Waals surface area (Å²) in [6, 6.07) is 13.7. The highest BCUT2D eigenvalue weighted by Crippen LogP contribution is 2.33. The number of carboxylic acid groups (broad SMARTS) is 1. The van der Waals surface area contributed by atoms with Crippen LogP contribution in [0.2, 0.25) is 10.0 Å². The molecule has 0 saturated carbocycles. The summed E-state index contributed by atoms with van der Waals surface area (Å²) in [6.07, 6.45) is 0.652. The maximum Gasteiger partial charge on any atom is 0.335 e. The normalized spacial score (nSPS) is 11.8. The van der Waals surface area contributed by atoms with E-state index in [1.165, 1.54) is 18.3 Å². The second-order valence-electron chi connectivity index (χ2n) is 5.37. The first kappa shape index (κ1) is 18.2. The van der Waals surface area contributed by atoms with Crippen LogP contribution >= 0.6 is 23.2 Å². The zero-order valence-corrected chi connectivity index (χ0v) is 14.7. The number of aromatic nitrogens is 1. The smallest absolute Gasteiger partial charge is 0.335 e. The molecule has 0 fully saturated rings. The van der Waals surface area contributed by atoms with Gasteiger partial charge in [-0.1, -0.05) is 41.4 Å². The molecule has 0 aliphatic carbocycles. The van der Waals surface area contributed by atoms with Crippen molar-refractivity contribution in [1.29, 1.82) is 0 Å². The van der Waals surface area contributed by atoms with Gasteiger partial charge in [-0.2, -0.15) is 0 Å². The molecular formula is C19H12Cl2FNO3. The zero-order valence-electron chi connectivity index (χ0n) is 13.2. The molecule has 132 valence electrons. The van der Waals surface area contributed by atoms with Gasteiger partial charge in [0.2, 0.25) is 0 Å². The average molecular weight is 392 g/mol. The summed E-state index contributed by atoms with van der Waals surface area (Å²) >= 11 is 12.1. The molecule has 0 radical (unpaired) electrons. The van der Waals surface area contributed by atoms with Crippen molar-refractivity contribution in [2.24, 2.45) is 0 Å². The second kappa shape index (κ2) is 7.72. The summed E-state index contributed by atoms with van der Waals surface area (Å²) in [5.41, 5.74) is 0.892. The topological polar surface area (TPSA) is 59.4 Å². The minimum Gasteiger partial charge on any atom is -0.478 e. The van der Waals surface area contributed by atoms with Crippen LogP contribution in [0, 0.1) is 5.82 Å². The van der Waals surface area contributed by atoms with Crippen LogP contribution < -0.4 is 4.74 Å². The highest BCUT2D eigenvalue weighted by Gasteiger charge is 2.22. The fraction of sp³-hybridized carbons (Fsp3) is 0.0526. The van der Waals surface area contributed by atoms with Crippen molar-refractivity contribution in [3.05, 3.63) is 93.5 Å². The minimum atomic E-state index is -1.22.